The van der Waals surface area contributed by atoms with Gasteiger partial charge in [0.15, 0.2) is 17.3 Å². The SMILES string of the molecule is COc1cccc(/C=C/C(=O)c2cc(OC)c(OC)cc2OC)c1. The molecule has 0 saturated carbocycles. The lowest BCUT2D eigenvalue weighted by molar-refractivity contribution is 0.104. The standard InChI is InChI=1S/C19H20O5/c1-21-14-7-5-6-13(10-14)8-9-16(20)15-11-18(23-3)19(24-4)12-17(15)22-2/h5-12H,1-4H3/b9-8+. The number of rotatable bonds is 7. The van der Waals surface area contributed by atoms with Gasteiger partial charge in [-0.1, -0.05) is 18.2 Å². The minimum absolute atomic E-state index is 0.198. The molecule has 0 fully saturated rings. The monoisotopic (exact) mass is 328 g/mol. The first-order valence-electron chi connectivity index (χ1n) is 7.29. The fraction of sp³-hybridized carbons (Fsp3) is 0.211. The highest BCUT2D eigenvalue weighted by molar-refractivity contribution is 6.09. The number of methoxy groups -OCH3 is 4. The maximum Gasteiger partial charge on any atom is 0.189 e. The molecule has 5 nitrogen and oxygen atoms in total. The van der Waals surface area contributed by atoms with E-state index < -0.39 is 0 Å². The van der Waals surface area contributed by atoms with E-state index in [0.717, 1.165) is 11.3 Å². The average molecular weight is 328 g/mol. The van der Waals surface area contributed by atoms with Gasteiger partial charge in [-0.25, -0.2) is 0 Å². The number of ether oxygens (including phenoxy) is 4. The summed E-state index contributed by atoms with van der Waals surface area (Å²) in [6.45, 7) is 0. The molecular weight excluding hydrogens is 308 g/mol. The molecule has 0 aliphatic heterocycles. The predicted octanol–water partition coefficient (Wildman–Crippen LogP) is 3.62. The van der Waals surface area contributed by atoms with Crippen LogP contribution < -0.4 is 18.9 Å². The van der Waals surface area contributed by atoms with Crippen LogP contribution in [0.5, 0.6) is 23.0 Å². The predicted molar refractivity (Wildman–Crippen MR) is 92.5 cm³/mol. The minimum atomic E-state index is -0.198. The highest BCUT2D eigenvalue weighted by atomic mass is 16.5. The van der Waals surface area contributed by atoms with E-state index in [1.807, 2.05) is 24.3 Å². The molecule has 2 aromatic carbocycles. The van der Waals surface area contributed by atoms with Gasteiger partial charge < -0.3 is 18.9 Å². The topological polar surface area (TPSA) is 54.0 Å². The Hall–Kier alpha value is -2.95. The maximum atomic E-state index is 12.5. The van der Waals surface area contributed by atoms with Gasteiger partial charge in [-0.15, -0.1) is 0 Å². The Morgan fingerprint density at radius 2 is 1.50 bits per heavy atom. The van der Waals surface area contributed by atoms with Crippen LogP contribution in [0, 0.1) is 0 Å². The van der Waals surface area contributed by atoms with Gasteiger partial charge in [-0.05, 0) is 29.8 Å². The zero-order valence-corrected chi connectivity index (χ0v) is 14.2. The van der Waals surface area contributed by atoms with Crippen molar-refractivity contribution in [3.63, 3.8) is 0 Å². The van der Waals surface area contributed by atoms with Gasteiger partial charge in [0.1, 0.15) is 11.5 Å². The minimum Gasteiger partial charge on any atom is -0.497 e. The van der Waals surface area contributed by atoms with Gasteiger partial charge in [0, 0.05) is 6.07 Å². The Balaban J connectivity index is 2.32. The van der Waals surface area contributed by atoms with Crippen LogP contribution in [0.3, 0.4) is 0 Å². The van der Waals surface area contributed by atoms with Crippen molar-refractivity contribution in [3.05, 3.63) is 53.6 Å². The summed E-state index contributed by atoms with van der Waals surface area (Å²) >= 11 is 0. The second-order valence-corrected chi connectivity index (χ2v) is 4.88. The molecule has 2 aromatic rings. The van der Waals surface area contributed by atoms with Crippen molar-refractivity contribution >= 4 is 11.9 Å². The van der Waals surface area contributed by atoms with Crippen LogP contribution in [-0.2, 0) is 0 Å². The molecule has 0 aliphatic rings. The van der Waals surface area contributed by atoms with E-state index in [1.54, 1.807) is 25.3 Å². The van der Waals surface area contributed by atoms with Crippen LogP contribution >= 0.6 is 0 Å². The van der Waals surface area contributed by atoms with Gasteiger partial charge in [0.2, 0.25) is 0 Å². The second kappa shape index (κ2) is 8.06. The molecule has 0 amide bonds. The van der Waals surface area contributed by atoms with Crippen LogP contribution in [0.2, 0.25) is 0 Å². The zero-order valence-electron chi connectivity index (χ0n) is 14.2. The molecule has 0 spiro atoms. The van der Waals surface area contributed by atoms with Crippen LogP contribution in [0.25, 0.3) is 6.08 Å². The Morgan fingerprint density at radius 3 is 2.12 bits per heavy atom. The van der Waals surface area contributed by atoms with Crippen molar-refractivity contribution in [2.45, 2.75) is 0 Å². The average Bonchev–Trinajstić information content (AvgIpc) is 2.64. The van der Waals surface area contributed by atoms with Crippen LogP contribution in [0.15, 0.2) is 42.5 Å². The van der Waals surface area contributed by atoms with E-state index in [2.05, 4.69) is 0 Å². The molecule has 24 heavy (non-hydrogen) atoms. The number of carbonyl (C=O) groups is 1. The number of hydrogen-bond acceptors (Lipinski definition) is 5. The number of hydrogen-bond donors (Lipinski definition) is 0. The molecule has 0 unspecified atom stereocenters. The smallest absolute Gasteiger partial charge is 0.189 e. The summed E-state index contributed by atoms with van der Waals surface area (Å²) in [5.41, 5.74) is 1.26. The summed E-state index contributed by atoms with van der Waals surface area (Å²) in [5.74, 6) is 1.93. The van der Waals surface area contributed by atoms with Crippen molar-refractivity contribution in [3.8, 4) is 23.0 Å². The third kappa shape index (κ3) is 3.87. The fourth-order valence-electron chi connectivity index (χ4n) is 2.23. The molecule has 0 saturated heterocycles. The first-order valence-corrected chi connectivity index (χ1v) is 7.29. The Morgan fingerprint density at radius 1 is 0.833 bits per heavy atom. The summed E-state index contributed by atoms with van der Waals surface area (Å²) in [4.78, 5) is 12.5. The first kappa shape index (κ1) is 17.4. The van der Waals surface area contributed by atoms with Crippen molar-refractivity contribution in [2.24, 2.45) is 0 Å². The van der Waals surface area contributed by atoms with Crippen molar-refractivity contribution in [2.75, 3.05) is 28.4 Å². The maximum absolute atomic E-state index is 12.5. The molecule has 0 radical (unpaired) electrons. The van der Waals surface area contributed by atoms with E-state index in [-0.39, 0.29) is 5.78 Å². The highest BCUT2D eigenvalue weighted by Crippen LogP contribution is 2.35. The quantitative estimate of drug-likeness (QED) is 0.574. The molecule has 0 N–H and O–H groups in total. The highest BCUT2D eigenvalue weighted by Gasteiger charge is 2.15. The Kier molecular flexibility index (Phi) is 5.84. The summed E-state index contributed by atoms with van der Waals surface area (Å²) in [5, 5.41) is 0. The summed E-state index contributed by atoms with van der Waals surface area (Å²) < 4.78 is 20.9. The lowest BCUT2D eigenvalue weighted by Gasteiger charge is -2.12. The molecule has 5 heteroatoms. The summed E-state index contributed by atoms with van der Waals surface area (Å²) in [7, 11) is 6.15. The molecule has 0 heterocycles. The van der Waals surface area contributed by atoms with Crippen molar-refractivity contribution in [1.29, 1.82) is 0 Å². The third-order valence-corrected chi connectivity index (χ3v) is 3.49. The fourth-order valence-corrected chi connectivity index (χ4v) is 2.23. The van der Waals surface area contributed by atoms with Gasteiger partial charge >= 0.3 is 0 Å². The second-order valence-electron chi connectivity index (χ2n) is 4.88. The normalized spacial score (nSPS) is 10.5. The molecule has 0 atom stereocenters. The van der Waals surface area contributed by atoms with Crippen LogP contribution in [-0.4, -0.2) is 34.2 Å². The zero-order chi connectivity index (χ0) is 17.5. The first-order chi connectivity index (χ1) is 11.6. The van der Waals surface area contributed by atoms with E-state index in [1.165, 1.54) is 27.4 Å². The molecular formula is C19H20O5. The van der Waals surface area contributed by atoms with E-state index in [9.17, 15) is 4.79 Å². The van der Waals surface area contributed by atoms with Gasteiger partial charge in [-0.2, -0.15) is 0 Å². The van der Waals surface area contributed by atoms with Crippen molar-refractivity contribution in [1.82, 2.24) is 0 Å². The molecule has 2 rings (SSSR count). The van der Waals surface area contributed by atoms with E-state index >= 15 is 0 Å². The number of benzene rings is 2. The number of ketones is 1. The molecule has 0 aromatic heterocycles. The van der Waals surface area contributed by atoms with Crippen LogP contribution in [0.1, 0.15) is 15.9 Å². The lowest BCUT2D eigenvalue weighted by atomic mass is 10.1. The van der Waals surface area contributed by atoms with Gasteiger partial charge in [0.25, 0.3) is 0 Å². The number of allylic oxidation sites excluding steroid dienone is 1. The van der Waals surface area contributed by atoms with Gasteiger partial charge in [0.05, 0.1) is 34.0 Å². The summed E-state index contributed by atoms with van der Waals surface area (Å²) in [6, 6.07) is 10.7. The lowest BCUT2D eigenvalue weighted by Crippen LogP contribution is -2.01. The van der Waals surface area contributed by atoms with Gasteiger partial charge in [-0.3, -0.25) is 4.79 Å². The molecule has 0 bridgehead atoms. The molecule has 126 valence electrons. The summed E-state index contributed by atoms with van der Waals surface area (Å²) in [6.07, 6.45) is 3.21. The number of carbonyl (C=O) groups excluding carboxylic acids is 1. The largest absolute Gasteiger partial charge is 0.497 e. The molecule has 0 aliphatic carbocycles. The third-order valence-electron chi connectivity index (χ3n) is 3.49. The van der Waals surface area contributed by atoms with E-state index in [0.29, 0.717) is 22.8 Å². The van der Waals surface area contributed by atoms with E-state index in [4.69, 9.17) is 18.9 Å². The van der Waals surface area contributed by atoms with Crippen molar-refractivity contribution < 1.29 is 23.7 Å². The Labute approximate surface area is 141 Å². The Bertz CT molecular complexity index is 749. The van der Waals surface area contributed by atoms with Crippen LogP contribution in [0.4, 0.5) is 0 Å².